The summed E-state index contributed by atoms with van der Waals surface area (Å²) in [5.74, 6) is -2.17. The van der Waals surface area contributed by atoms with E-state index in [-0.39, 0.29) is 52.8 Å². The number of nitriles is 1. The molecule has 2 aromatic heterocycles. The van der Waals surface area contributed by atoms with Gasteiger partial charge in [0, 0.05) is 31.1 Å². The number of primary amides is 1. The van der Waals surface area contributed by atoms with Crippen molar-refractivity contribution in [2.24, 2.45) is 11.7 Å². The normalized spacial score (nSPS) is 20.7. The minimum atomic E-state index is -3.69. The number of carbonyl (C=O) groups is 1. The maximum absolute atomic E-state index is 14.9. The molecule has 2 fully saturated rings. The van der Waals surface area contributed by atoms with Crippen LogP contribution < -0.4 is 16.4 Å². The first-order chi connectivity index (χ1) is 22.0. The second-order valence-electron chi connectivity index (χ2n) is 11.8. The highest BCUT2D eigenvalue weighted by Gasteiger charge is 2.32. The van der Waals surface area contributed by atoms with Crippen molar-refractivity contribution in [2.75, 3.05) is 23.7 Å². The number of amides is 1. The number of sulfonamides is 1. The second-order valence-corrected chi connectivity index (χ2v) is 13.8. The van der Waals surface area contributed by atoms with Crippen LogP contribution >= 0.6 is 0 Å². The molecule has 12 nitrogen and oxygen atoms in total. The Bertz CT molecular complexity index is 1910. The first-order valence-electron chi connectivity index (χ1n) is 15.1. The molecule has 1 aliphatic carbocycles. The molecule has 4 N–H and O–H groups in total. The minimum absolute atomic E-state index is 0.125. The number of carbonyl (C=O) groups excluding carboxylic acids is 1. The number of fused-ring (bicyclic) bond motifs is 1. The minimum Gasteiger partial charge on any atom is -0.369 e. The van der Waals surface area contributed by atoms with Crippen LogP contribution in [0.1, 0.15) is 55.7 Å². The van der Waals surface area contributed by atoms with Gasteiger partial charge in [-0.15, -0.1) is 0 Å². The molecule has 240 valence electrons. The first-order valence-corrected chi connectivity index (χ1v) is 16.5. The van der Waals surface area contributed by atoms with Crippen LogP contribution in [-0.2, 0) is 14.8 Å². The summed E-state index contributed by atoms with van der Waals surface area (Å²) in [6.07, 6.45) is 4.99. The maximum atomic E-state index is 14.9. The van der Waals surface area contributed by atoms with E-state index in [9.17, 15) is 22.0 Å². The van der Waals surface area contributed by atoms with Crippen molar-refractivity contribution in [1.29, 1.82) is 5.26 Å². The van der Waals surface area contributed by atoms with Crippen LogP contribution in [0, 0.1) is 35.8 Å². The number of benzene rings is 2. The van der Waals surface area contributed by atoms with Crippen molar-refractivity contribution in [3.05, 3.63) is 65.4 Å². The third-order valence-electron chi connectivity index (χ3n) is 8.68. The average molecular weight is 650 g/mol. The number of nitrogens with zero attached hydrogens (tertiary/aromatic N) is 6. The zero-order chi connectivity index (χ0) is 32.6. The molecule has 0 unspecified atom stereocenters. The van der Waals surface area contributed by atoms with E-state index in [1.54, 1.807) is 34.9 Å². The van der Waals surface area contributed by atoms with Crippen LogP contribution in [0.5, 0.6) is 0 Å². The number of hydrogen-bond acceptors (Lipinski definition) is 9. The van der Waals surface area contributed by atoms with Crippen LogP contribution in [-0.4, -0.2) is 57.3 Å². The van der Waals surface area contributed by atoms with E-state index in [0.29, 0.717) is 56.2 Å². The molecule has 0 bridgehead atoms. The van der Waals surface area contributed by atoms with E-state index in [0.717, 1.165) is 17.7 Å². The molecule has 1 atom stereocenters. The Hall–Kier alpha value is -4.68. The van der Waals surface area contributed by atoms with Gasteiger partial charge in [-0.1, -0.05) is 17.7 Å². The molecule has 0 radical (unpaired) electrons. The molecule has 1 saturated heterocycles. The third-order valence-corrected chi connectivity index (χ3v) is 10.6. The summed E-state index contributed by atoms with van der Waals surface area (Å²) >= 11 is 0. The second kappa shape index (κ2) is 12.6. The highest BCUT2D eigenvalue weighted by atomic mass is 32.2. The van der Waals surface area contributed by atoms with Crippen LogP contribution in [0.25, 0.3) is 11.2 Å². The lowest BCUT2D eigenvalue weighted by molar-refractivity contribution is -0.122. The lowest BCUT2D eigenvalue weighted by Crippen LogP contribution is -2.45. The van der Waals surface area contributed by atoms with E-state index in [2.05, 4.69) is 20.6 Å². The highest BCUT2D eigenvalue weighted by molar-refractivity contribution is 7.89. The molecule has 2 aromatic carbocycles. The van der Waals surface area contributed by atoms with Gasteiger partial charge in [-0.25, -0.2) is 27.2 Å². The van der Waals surface area contributed by atoms with Gasteiger partial charge < -0.3 is 16.4 Å². The van der Waals surface area contributed by atoms with Crippen molar-refractivity contribution in [3.8, 4) is 6.07 Å². The summed E-state index contributed by atoms with van der Waals surface area (Å²) < 4.78 is 59.7. The number of rotatable bonds is 8. The molecular formula is C31H33F2N9O3S. The predicted octanol–water partition coefficient (Wildman–Crippen LogP) is 4.51. The molecule has 1 amide bonds. The Kier molecular flexibility index (Phi) is 8.58. The van der Waals surface area contributed by atoms with Gasteiger partial charge >= 0.3 is 0 Å². The molecule has 46 heavy (non-hydrogen) atoms. The predicted molar refractivity (Wildman–Crippen MR) is 166 cm³/mol. The van der Waals surface area contributed by atoms with Gasteiger partial charge in [0.15, 0.2) is 17.3 Å². The van der Waals surface area contributed by atoms with Gasteiger partial charge in [0.2, 0.25) is 27.8 Å². The van der Waals surface area contributed by atoms with E-state index < -0.39 is 27.3 Å². The average Bonchev–Trinajstić information content (AvgIpc) is 3.40. The molecule has 4 aromatic rings. The molecule has 3 heterocycles. The Labute approximate surface area is 264 Å². The number of nitrogens with one attached hydrogen (secondary N) is 2. The van der Waals surface area contributed by atoms with Gasteiger partial charge in [-0.2, -0.15) is 14.6 Å². The Morgan fingerprint density at radius 1 is 1.07 bits per heavy atom. The largest absolute Gasteiger partial charge is 0.369 e. The van der Waals surface area contributed by atoms with Crippen LogP contribution in [0.3, 0.4) is 0 Å². The molecule has 0 spiro atoms. The van der Waals surface area contributed by atoms with E-state index in [1.807, 2.05) is 6.92 Å². The molecule has 2 aliphatic rings. The molecule has 1 saturated carbocycles. The van der Waals surface area contributed by atoms with Crippen LogP contribution in [0.2, 0.25) is 0 Å². The number of imidazole rings is 1. The van der Waals surface area contributed by atoms with Gasteiger partial charge in [-0.05, 0) is 69.7 Å². The molecule has 1 aliphatic heterocycles. The van der Waals surface area contributed by atoms with Crippen LogP contribution in [0.4, 0.5) is 26.4 Å². The summed E-state index contributed by atoms with van der Waals surface area (Å²) in [6.45, 7) is 2.51. The fraction of sp³-hybridized carbons (Fsp3) is 0.387. The van der Waals surface area contributed by atoms with E-state index in [4.69, 9.17) is 16.0 Å². The quantitative estimate of drug-likeness (QED) is 0.248. The highest BCUT2D eigenvalue weighted by Crippen LogP contribution is 2.37. The maximum Gasteiger partial charge on any atom is 0.243 e. The van der Waals surface area contributed by atoms with Crippen molar-refractivity contribution in [2.45, 2.75) is 62.4 Å². The van der Waals surface area contributed by atoms with Gasteiger partial charge in [0.05, 0.1) is 22.7 Å². The lowest BCUT2D eigenvalue weighted by atomic mass is 9.85. The van der Waals surface area contributed by atoms with E-state index >= 15 is 0 Å². The number of piperidine rings is 1. The summed E-state index contributed by atoms with van der Waals surface area (Å²) in [6, 6.07) is 9.87. The number of aryl methyl sites for hydroxylation is 1. The summed E-state index contributed by atoms with van der Waals surface area (Å²) in [5.41, 5.74) is 6.66. The fourth-order valence-corrected chi connectivity index (χ4v) is 7.73. The fourth-order valence-electron chi connectivity index (χ4n) is 6.20. The van der Waals surface area contributed by atoms with Gasteiger partial charge in [0.25, 0.3) is 0 Å². The summed E-state index contributed by atoms with van der Waals surface area (Å²) in [4.78, 5) is 25.8. The van der Waals surface area contributed by atoms with Gasteiger partial charge in [-0.3, -0.25) is 9.36 Å². The topological polar surface area (TPSA) is 172 Å². The SMILES string of the molecule is Cc1ccc(S(=O)(=O)N2CCC[C@@H](Nc3ncc4nc(Nc5c(F)cc(C#N)cc5F)n(C5CCC(C(N)=O)CC5)c4n3)C2)cc1. The monoisotopic (exact) mass is 649 g/mol. The van der Waals surface area contributed by atoms with Crippen molar-refractivity contribution in [1.82, 2.24) is 23.8 Å². The van der Waals surface area contributed by atoms with Gasteiger partial charge in [0.1, 0.15) is 11.2 Å². The van der Waals surface area contributed by atoms with Crippen molar-refractivity contribution in [3.63, 3.8) is 0 Å². The molecule has 15 heteroatoms. The Morgan fingerprint density at radius 2 is 1.76 bits per heavy atom. The summed E-state index contributed by atoms with van der Waals surface area (Å²) in [7, 11) is -3.69. The number of nitrogens with two attached hydrogens (primary N) is 1. The standard InChI is InChI=1S/C31H33F2N9O3S/c1-18-4-10-23(11-5-18)46(44,45)41-12-2-3-21(17-41)37-30-36-16-26-29(40-30)42(22-8-6-20(7-9-22)28(35)43)31(38-26)39-27-24(32)13-19(15-34)14-25(27)33/h4-5,10-11,13-14,16,20-22H,2-3,6-9,12,17H2,1H3,(H2,35,43)(H,38,39)(H,36,37,40)/t20?,21-,22?/m1/s1. The van der Waals surface area contributed by atoms with Crippen LogP contribution in [0.15, 0.2) is 47.5 Å². The van der Waals surface area contributed by atoms with E-state index in [1.165, 1.54) is 10.5 Å². The number of halogens is 2. The number of hydrogen-bond donors (Lipinski definition) is 3. The van der Waals surface area contributed by atoms with Crippen molar-refractivity contribution >= 4 is 44.7 Å². The Morgan fingerprint density at radius 3 is 2.41 bits per heavy atom. The smallest absolute Gasteiger partial charge is 0.243 e. The number of aromatic nitrogens is 4. The zero-order valence-corrected chi connectivity index (χ0v) is 25.9. The number of anilines is 3. The first kappa shape index (κ1) is 31.3. The lowest BCUT2D eigenvalue weighted by Gasteiger charge is -2.32. The summed E-state index contributed by atoms with van der Waals surface area (Å²) in [5, 5.41) is 15.1. The Balaban J connectivity index is 1.30. The van der Waals surface area contributed by atoms with Crippen molar-refractivity contribution < 1.29 is 22.0 Å². The molecule has 6 rings (SSSR count). The third kappa shape index (κ3) is 6.22. The zero-order valence-electron chi connectivity index (χ0n) is 25.1. The molecular weight excluding hydrogens is 616 g/mol.